The molecule has 0 atom stereocenters. The summed E-state index contributed by atoms with van der Waals surface area (Å²) in [4.78, 5) is 4.42. The number of aliphatic imine (C=N–C) groups is 1. The van der Waals surface area contributed by atoms with E-state index >= 15 is 0 Å². The molecule has 1 aromatic carbocycles. The van der Waals surface area contributed by atoms with Gasteiger partial charge in [-0.25, -0.2) is 4.39 Å². The third-order valence-corrected chi connectivity index (χ3v) is 4.58. The first-order valence-electron chi connectivity index (χ1n) is 9.79. The Morgan fingerprint density at radius 3 is 2.20 bits per heavy atom. The second kappa shape index (κ2) is 10.5. The lowest BCUT2D eigenvalue weighted by molar-refractivity contribution is 0.310. The summed E-state index contributed by atoms with van der Waals surface area (Å²) in [6, 6.07) is 8.41. The molecule has 0 amide bonds. The number of alkyl halides is 1. The van der Waals surface area contributed by atoms with Crippen LogP contribution in [0.3, 0.4) is 0 Å². The Labute approximate surface area is 154 Å². The van der Waals surface area contributed by atoms with Crippen molar-refractivity contribution in [3.8, 4) is 0 Å². The molecule has 0 aliphatic carbocycles. The second-order valence-corrected chi connectivity index (χ2v) is 7.87. The fourth-order valence-corrected chi connectivity index (χ4v) is 2.96. The molecular formula is C23H36FN. The van der Waals surface area contributed by atoms with Crippen LogP contribution < -0.4 is 0 Å². The summed E-state index contributed by atoms with van der Waals surface area (Å²) in [5.41, 5.74) is 2.11. The number of benzene rings is 1. The molecule has 0 radical (unpaired) electrons. The van der Waals surface area contributed by atoms with E-state index in [1.54, 1.807) is 13.8 Å². The first-order valence-corrected chi connectivity index (χ1v) is 9.79. The van der Waals surface area contributed by atoms with Crippen molar-refractivity contribution in [2.24, 2.45) is 10.9 Å². The molecule has 1 nitrogen and oxygen atoms in total. The minimum absolute atomic E-state index is 0.544. The molecule has 2 heteroatoms. The Hall–Kier alpha value is -1.44. The number of halogens is 1. The van der Waals surface area contributed by atoms with E-state index in [0.717, 1.165) is 17.9 Å². The van der Waals surface area contributed by atoms with Crippen molar-refractivity contribution in [3.63, 3.8) is 0 Å². The maximum atomic E-state index is 14.1. The van der Waals surface area contributed by atoms with E-state index in [0.29, 0.717) is 17.8 Å². The first kappa shape index (κ1) is 21.6. The van der Waals surface area contributed by atoms with Crippen molar-refractivity contribution in [2.45, 2.75) is 85.2 Å². The van der Waals surface area contributed by atoms with Crippen LogP contribution in [0.4, 0.5) is 4.39 Å². The minimum Gasteiger partial charge on any atom is -0.255 e. The normalized spacial score (nSPS) is 12.7. The molecule has 25 heavy (non-hydrogen) atoms. The summed E-state index contributed by atoms with van der Waals surface area (Å²) in [7, 11) is 0. The monoisotopic (exact) mass is 345 g/mol. The highest BCUT2D eigenvalue weighted by molar-refractivity contribution is 5.95. The molecule has 0 saturated heterocycles. The molecule has 0 spiro atoms. The lowest BCUT2D eigenvalue weighted by atomic mass is 10.0. The van der Waals surface area contributed by atoms with Gasteiger partial charge in [-0.1, -0.05) is 77.3 Å². The van der Waals surface area contributed by atoms with Gasteiger partial charge in [0.05, 0.1) is 11.4 Å². The van der Waals surface area contributed by atoms with Crippen LogP contribution >= 0.6 is 0 Å². The van der Waals surface area contributed by atoms with Crippen molar-refractivity contribution >= 4 is 11.4 Å². The molecule has 0 saturated carbocycles. The topological polar surface area (TPSA) is 12.4 Å². The predicted octanol–water partition coefficient (Wildman–Crippen LogP) is 7.41. The van der Waals surface area contributed by atoms with Crippen LogP contribution in [0.25, 0.3) is 5.70 Å². The van der Waals surface area contributed by atoms with Gasteiger partial charge in [-0.2, -0.15) is 0 Å². The molecule has 0 aliphatic heterocycles. The Morgan fingerprint density at radius 2 is 1.68 bits per heavy atom. The van der Waals surface area contributed by atoms with Gasteiger partial charge in [-0.05, 0) is 50.2 Å². The molecule has 0 heterocycles. The van der Waals surface area contributed by atoms with Crippen LogP contribution in [0.1, 0.15) is 84.3 Å². The van der Waals surface area contributed by atoms with Crippen LogP contribution in [0.5, 0.6) is 0 Å². The minimum atomic E-state index is -1.40. The van der Waals surface area contributed by atoms with Crippen LogP contribution in [0.2, 0.25) is 0 Å². The molecule has 0 bridgehead atoms. The van der Waals surface area contributed by atoms with E-state index in [2.05, 4.69) is 49.7 Å². The van der Waals surface area contributed by atoms with Gasteiger partial charge in [-0.3, -0.25) is 4.99 Å². The van der Waals surface area contributed by atoms with Gasteiger partial charge in [0.1, 0.15) is 5.67 Å². The zero-order chi connectivity index (χ0) is 18.9. The van der Waals surface area contributed by atoms with E-state index < -0.39 is 5.67 Å². The van der Waals surface area contributed by atoms with Crippen LogP contribution in [-0.2, 0) is 6.42 Å². The number of hydrogen-bond acceptors (Lipinski definition) is 1. The molecule has 1 aromatic rings. The molecule has 0 unspecified atom stereocenters. The zero-order valence-corrected chi connectivity index (χ0v) is 16.9. The Kier molecular flexibility index (Phi) is 9.10. The molecule has 0 aliphatic rings. The molecular weight excluding hydrogens is 309 g/mol. The van der Waals surface area contributed by atoms with Gasteiger partial charge in [0, 0.05) is 0 Å². The van der Waals surface area contributed by atoms with Gasteiger partial charge in [0.25, 0.3) is 0 Å². The average Bonchev–Trinajstić information content (AvgIpc) is 2.54. The van der Waals surface area contributed by atoms with Crippen LogP contribution in [0, 0.1) is 5.92 Å². The number of aryl methyl sites for hydroxylation is 1. The van der Waals surface area contributed by atoms with Gasteiger partial charge in [0.2, 0.25) is 0 Å². The summed E-state index contributed by atoms with van der Waals surface area (Å²) in [6.45, 7) is 13.6. The fourth-order valence-electron chi connectivity index (χ4n) is 2.96. The summed E-state index contributed by atoms with van der Waals surface area (Å²) in [5.74, 6) is 0.819. The van der Waals surface area contributed by atoms with Crippen molar-refractivity contribution in [1.82, 2.24) is 0 Å². The summed E-state index contributed by atoms with van der Waals surface area (Å²) in [6.07, 6.45) is 8.28. The zero-order valence-electron chi connectivity index (χ0n) is 16.9. The summed E-state index contributed by atoms with van der Waals surface area (Å²) >= 11 is 0. The average molecular weight is 346 g/mol. The van der Waals surface area contributed by atoms with Gasteiger partial charge in [-0.15, -0.1) is 0 Å². The predicted molar refractivity (Wildman–Crippen MR) is 110 cm³/mol. The molecule has 0 aromatic heterocycles. The second-order valence-electron chi connectivity index (χ2n) is 7.87. The third-order valence-electron chi connectivity index (χ3n) is 4.58. The molecule has 0 N–H and O–H groups in total. The number of hydrogen-bond donors (Lipinski definition) is 0. The fraction of sp³-hybridized carbons (Fsp3) is 0.609. The summed E-state index contributed by atoms with van der Waals surface area (Å²) in [5, 5.41) is 0. The van der Waals surface area contributed by atoms with Crippen LogP contribution in [-0.4, -0.2) is 11.4 Å². The van der Waals surface area contributed by atoms with Gasteiger partial charge in [0.15, 0.2) is 0 Å². The van der Waals surface area contributed by atoms with E-state index in [1.165, 1.54) is 37.7 Å². The lowest BCUT2D eigenvalue weighted by Crippen LogP contribution is -2.25. The first-order chi connectivity index (χ1) is 11.7. The van der Waals surface area contributed by atoms with Crippen molar-refractivity contribution in [1.29, 1.82) is 0 Å². The quantitative estimate of drug-likeness (QED) is 0.292. The van der Waals surface area contributed by atoms with E-state index in [9.17, 15) is 4.39 Å². The third kappa shape index (κ3) is 8.47. The largest absolute Gasteiger partial charge is 0.255 e. The lowest BCUT2D eigenvalue weighted by Gasteiger charge is -2.16. The maximum Gasteiger partial charge on any atom is 0.143 e. The van der Waals surface area contributed by atoms with Gasteiger partial charge >= 0.3 is 0 Å². The van der Waals surface area contributed by atoms with E-state index in [-0.39, 0.29) is 0 Å². The van der Waals surface area contributed by atoms with E-state index in [4.69, 9.17) is 0 Å². The molecule has 1 rings (SSSR count). The van der Waals surface area contributed by atoms with Gasteiger partial charge < -0.3 is 0 Å². The van der Waals surface area contributed by atoms with Crippen molar-refractivity contribution < 1.29 is 4.39 Å². The molecule has 0 fully saturated rings. The summed E-state index contributed by atoms with van der Waals surface area (Å²) < 4.78 is 14.1. The Morgan fingerprint density at radius 1 is 1.08 bits per heavy atom. The smallest absolute Gasteiger partial charge is 0.143 e. The highest BCUT2D eigenvalue weighted by Crippen LogP contribution is 2.21. The Balaban J connectivity index is 2.50. The number of rotatable bonds is 11. The van der Waals surface area contributed by atoms with E-state index in [1.807, 2.05) is 6.92 Å². The standard InChI is InChI=1S/C23H36FN/c1-7-22(23(5,6)24)25-19(4)21-16-14-20(15-17-21)13-11-9-8-10-12-18(2)3/h14-18H,4,7-13H2,1-3,5-6H3/b25-22+. The van der Waals surface area contributed by atoms with Crippen molar-refractivity contribution in [2.75, 3.05) is 0 Å². The number of unbranched alkanes of at least 4 members (excludes halogenated alkanes) is 3. The number of nitrogens with zero attached hydrogens (tertiary/aromatic N) is 1. The van der Waals surface area contributed by atoms with Crippen molar-refractivity contribution in [3.05, 3.63) is 42.0 Å². The van der Waals surface area contributed by atoms with Crippen LogP contribution in [0.15, 0.2) is 35.8 Å². The highest BCUT2D eigenvalue weighted by Gasteiger charge is 2.22. The maximum absolute atomic E-state index is 14.1. The molecule has 140 valence electrons. The SMILES string of the molecule is C=C(/N=C(\CC)C(C)(C)F)c1ccc(CCCCCCC(C)C)cc1. The Bertz CT molecular complexity index is 546. The highest BCUT2D eigenvalue weighted by atomic mass is 19.1.